The molecule has 0 unspecified atom stereocenters. The van der Waals surface area contributed by atoms with E-state index in [1.807, 2.05) is 6.07 Å². The van der Waals surface area contributed by atoms with Gasteiger partial charge in [-0.3, -0.25) is 4.79 Å². The van der Waals surface area contributed by atoms with Crippen LogP contribution in [-0.2, 0) is 0 Å². The third-order valence-electron chi connectivity index (χ3n) is 3.88. The van der Waals surface area contributed by atoms with Crippen LogP contribution in [0.1, 0.15) is 16.1 Å². The second-order valence-electron chi connectivity index (χ2n) is 5.34. The predicted octanol–water partition coefficient (Wildman–Crippen LogP) is 2.14. The molecule has 3 rings (SSSR count). The van der Waals surface area contributed by atoms with Crippen LogP contribution in [0.2, 0.25) is 0 Å². The Labute approximate surface area is 139 Å². The van der Waals surface area contributed by atoms with Crippen LogP contribution in [0.3, 0.4) is 0 Å². The van der Waals surface area contributed by atoms with Crippen LogP contribution in [0.25, 0.3) is 0 Å². The summed E-state index contributed by atoms with van der Waals surface area (Å²) in [6, 6.07) is 11.9. The lowest BCUT2D eigenvalue weighted by Gasteiger charge is -2.34. The average molecular weight is 324 g/mol. The van der Waals surface area contributed by atoms with E-state index < -0.39 is 0 Å². The summed E-state index contributed by atoms with van der Waals surface area (Å²) in [5.41, 5.74) is 0.900. The molecular weight excluding hydrogens is 308 g/mol. The molecular formula is C17H16N4O3. The fourth-order valence-corrected chi connectivity index (χ4v) is 2.55. The number of furan rings is 1. The van der Waals surface area contributed by atoms with Crippen molar-refractivity contribution in [2.45, 2.75) is 0 Å². The summed E-state index contributed by atoms with van der Waals surface area (Å²) >= 11 is 0. The Kier molecular flexibility index (Phi) is 4.47. The van der Waals surface area contributed by atoms with Gasteiger partial charge < -0.3 is 19.5 Å². The van der Waals surface area contributed by atoms with Crippen LogP contribution in [0.5, 0.6) is 0 Å². The number of benzene rings is 1. The van der Waals surface area contributed by atoms with Crippen molar-refractivity contribution in [1.82, 2.24) is 9.80 Å². The molecule has 0 atom stereocenters. The molecule has 1 aliphatic heterocycles. The first-order chi connectivity index (χ1) is 11.7. The first-order valence-electron chi connectivity index (χ1n) is 7.57. The van der Waals surface area contributed by atoms with Gasteiger partial charge in [0.25, 0.3) is 5.91 Å². The van der Waals surface area contributed by atoms with Gasteiger partial charge in [0.1, 0.15) is 6.07 Å². The molecule has 2 aromatic rings. The molecule has 0 spiro atoms. The van der Waals surface area contributed by atoms with E-state index in [9.17, 15) is 9.59 Å². The number of nitrogens with zero attached hydrogens (tertiary/aromatic N) is 3. The summed E-state index contributed by atoms with van der Waals surface area (Å²) in [4.78, 5) is 27.8. The number of carbonyl (C=O) groups excluding carboxylic acids is 2. The van der Waals surface area contributed by atoms with Crippen molar-refractivity contribution >= 4 is 17.6 Å². The minimum Gasteiger partial charge on any atom is -0.459 e. The van der Waals surface area contributed by atoms with Crippen molar-refractivity contribution in [3.05, 3.63) is 54.0 Å². The van der Waals surface area contributed by atoms with E-state index in [-0.39, 0.29) is 11.9 Å². The highest BCUT2D eigenvalue weighted by atomic mass is 16.3. The van der Waals surface area contributed by atoms with E-state index in [1.165, 1.54) is 6.26 Å². The second-order valence-corrected chi connectivity index (χ2v) is 5.34. The molecule has 1 N–H and O–H groups in total. The van der Waals surface area contributed by atoms with Crippen molar-refractivity contribution in [1.29, 1.82) is 5.26 Å². The Morgan fingerprint density at radius 2 is 1.75 bits per heavy atom. The summed E-state index contributed by atoms with van der Waals surface area (Å²) in [6.45, 7) is 1.72. The van der Waals surface area contributed by atoms with Crippen LogP contribution >= 0.6 is 0 Å². The Morgan fingerprint density at radius 1 is 1.04 bits per heavy atom. The first kappa shape index (κ1) is 15.6. The van der Waals surface area contributed by atoms with Crippen molar-refractivity contribution in [2.75, 3.05) is 31.5 Å². The highest BCUT2D eigenvalue weighted by Gasteiger charge is 2.26. The molecule has 122 valence electrons. The predicted molar refractivity (Wildman–Crippen MR) is 86.4 cm³/mol. The van der Waals surface area contributed by atoms with Gasteiger partial charge in [-0.2, -0.15) is 5.26 Å². The number of hydrogen-bond acceptors (Lipinski definition) is 4. The molecule has 2 heterocycles. The Bertz CT molecular complexity index is 771. The normalized spacial score (nSPS) is 14.1. The van der Waals surface area contributed by atoms with Crippen LogP contribution < -0.4 is 5.32 Å². The quantitative estimate of drug-likeness (QED) is 0.916. The lowest BCUT2D eigenvalue weighted by atomic mass is 10.2. The van der Waals surface area contributed by atoms with Gasteiger partial charge in [-0.25, -0.2) is 4.79 Å². The number of nitriles is 1. The molecule has 0 saturated carbocycles. The second kappa shape index (κ2) is 6.87. The minimum absolute atomic E-state index is 0.171. The smallest absolute Gasteiger partial charge is 0.322 e. The highest BCUT2D eigenvalue weighted by molar-refractivity contribution is 5.93. The zero-order chi connectivity index (χ0) is 16.9. The SMILES string of the molecule is N#Cc1ccccc1NC(=O)N1CCN(C(=O)c2ccco2)CC1. The zero-order valence-corrected chi connectivity index (χ0v) is 12.9. The Morgan fingerprint density at radius 3 is 2.42 bits per heavy atom. The van der Waals surface area contributed by atoms with Crippen molar-refractivity contribution < 1.29 is 14.0 Å². The summed E-state index contributed by atoms with van der Waals surface area (Å²) < 4.78 is 5.11. The lowest BCUT2D eigenvalue weighted by molar-refractivity contribution is 0.0640. The molecule has 1 aliphatic rings. The van der Waals surface area contributed by atoms with Crippen LogP contribution in [0.4, 0.5) is 10.5 Å². The van der Waals surface area contributed by atoms with E-state index in [1.54, 1.807) is 46.2 Å². The summed E-state index contributed by atoms with van der Waals surface area (Å²) in [7, 11) is 0. The number of para-hydroxylation sites is 1. The number of rotatable bonds is 2. The molecule has 0 radical (unpaired) electrons. The monoisotopic (exact) mass is 324 g/mol. The summed E-state index contributed by atoms with van der Waals surface area (Å²) in [5.74, 6) is 0.130. The van der Waals surface area contributed by atoms with Gasteiger partial charge in [0.2, 0.25) is 0 Å². The lowest BCUT2D eigenvalue weighted by Crippen LogP contribution is -2.51. The van der Waals surface area contributed by atoms with Crippen LogP contribution in [0, 0.1) is 11.3 Å². The van der Waals surface area contributed by atoms with Crippen LogP contribution in [0.15, 0.2) is 47.1 Å². The van der Waals surface area contributed by atoms with Gasteiger partial charge in [-0.1, -0.05) is 12.1 Å². The van der Waals surface area contributed by atoms with E-state index in [0.717, 1.165) is 0 Å². The molecule has 1 fully saturated rings. The fourth-order valence-electron chi connectivity index (χ4n) is 2.55. The average Bonchev–Trinajstić information content (AvgIpc) is 3.16. The van der Waals surface area contributed by atoms with Crippen molar-refractivity contribution in [3.8, 4) is 6.07 Å². The third-order valence-corrected chi connectivity index (χ3v) is 3.88. The van der Waals surface area contributed by atoms with E-state index in [0.29, 0.717) is 43.2 Å². The maximum Gasteiger partial charge on any atom is 0.322 e. The molecule has 7 nitrogen and oxygen atoms in total. The maximum absolute atomic E-state index is 12.3. The van der Waals surface area contributed by atoms with E-state index in [4.69, 9.17) is 9.68 Å². The van der Waals surface area contributed by atoms with Crippen LogP contribution in [-0.4, -0.2) is 47.9 Å². The Hall–Kier alpha value is -3.27. The number of carbonyl (C=O) groups is 2. The zero-order valence-electron chi connectivity index (χ0n) is 12.9. The molecule has 7 heteroatoms. The van der Waals surface area contributed by atoms with Gasteiger partial charge >= 0.3 is 6.03 Å². The largest absolute Gasteiger partial charge is 0.459 e. The number of nitrogens with one attached hydrogen (secondary N) is 1. The van der Waals surface area contributed by atoms with Crippen molar-refractivity contribution in [3.63, 3.8) is 0 Å². The van der Waals surface area contributed by atoms with Crippen molar-refractivity contribution in [2.24, 2.45) is 0 Å². The third kappa shape index (κ3) is 3.22. The topological polar surface area (TPSA) is 89.6 Å². The Balaban J connectivity index is 1.57. The number of piperazine rings is 1. The number of amides is 3. The first-order valence-corrected chi connectivity index (χ1v) is 7.57. The van der Waals surface area contributed by atoms with Gasteiger partial charge in [-0.15, -0.1) is 0 Å². The van der Waals surface area contributed by atoms with E-state index >= 15 is 0 Å². The number of urea groups is 1. The standard InChI is InChI=1S/C17H16N4O3/c18-12-13-4-1-2-5-14(13)19-17(23)21-9-7-20(8-10-21)16(22)15-6-3-11-24-15/h1-6,11H,7-10H2,(H,19,23). The molecule has 24 heavy (non-hydrogen) atoms. The molecule has 1 aromatic heterocycles. The van der Waals surface area contributed by atoms with Gasteiger partial charge in [0.15, 0.2) is 5.76 Å². The maximum atomic E-state index is 12.3. The molecule has 3 amide bonds. The van der Waals surface area contributed by atoms with Gasteiger partial charge in [0.05, 0.1) is 17.5 Å². The minimum atomic E-state index is -0.275. The summed E-state index contributed by atoms with van der Waals surface area (Å²) in [5, 5.41) is 11.8. The number of hydrogen-bond donors (Lipinski definition) is 1. The number of anilines is 1. The summed E-state index contributed by atoms with van der Waals surface area (Å²) in [6.07, 6.45) is 1.46. The molecule has 1 aromatic carbocycles. The van der Waals surface area contributed by atoms with E-state index in [2.05, 4.69) is 5.32 Å². The molecule has 1 saturated heterocycles. The molecule has 0 aliphatic carbocycles. The molecule has 0 bridgehead atoms. The fraction of sp³-hybridized carbons (Fsp3) is 0.235. The highest BCUT2D eigenvalue weighted by Crippen LogP contribution is 2.15. The van der Waals surface area contributed by atoms with Gasteiger partial charge in [0, 0.05) is 26.2 Å². The van der Waals surface area contributed by atoms with Gasteiger partial charge in [-0.05, 0) is 24.3 Å².